The van der Waals surface area contributed by atoms with Crippen LogP contribution in [0.4, 0.5) is 10.5 Å². The molecule has 10 heteroatoms. The predicted molar refractivity (Wildman–Crippen MR) is 114 cm³/mol. The molecule has 2 aromatic heterocycles. The number of halogens is 1. The highest BCUT2D eigenvalue weighted by Gasteiger charge is 2.34. The third kappa shape index (κ3) is 5.40. The van der Waals surface area contributed by atoms with Crippen LogP contribution in [0.3, 0.4) is 0 Å². The summed E-state index contributed by atoms with van der Waals surface area (Å²) in [5, 5.41) is 22.9. The van der Waals surface area contributed by atoms with Crippen molar-refractivity contribution in [3.05, 3.63) is 23.6 Å². The van der Waals surface area contributed by atoms with Crippen LogP contribution in [0.1, 0.15) is 47.1 Å². The smallest absolute Gasteiger partial charge is 0.410 e. The molecule has 2 aromatic rings. The molecule has 164 valence electrons. The first kappa shape index (κ1) is 22.3. The van der Waals surface area contributed by atoms with Gasteiger partial charge < -0.3 is 20.1 Å². The van der Waals surface area contributed by atoms with E-state index in [0.717, 1.165) is 11.3 Å². The molecule has 0 saturated carbocycles. The number of nitrogens with zero attached hydrogens (tertiary/aromatic N) is 5. The molecule has 1 fully saturated rings. The van der Waals surface area contributed by atoms with Crippen LogP contribution in [0.15, 0.2) is 18.5 Å². The minimum absolute atomic E-state index is 0.178. The maximum atomic E-state index is 12.3. The Morgan fingerprint density at radius 3 is 2.77 bits per heavy atom. The molecule has 3 heterocycles. The lowest BCUT2D eigenvalue weighted by molar-refractivity contribution is -0.0120. The highest BCUT2D eigenvalue weighted by molar-refractivity contribution is 6.29. The summed E-state index contributed by atoms with van der Waals surface area (Å²) < 4.78 is 7.05. The highest BCUT2D eigenvalue weighted by Crippen LogP contribution is 2.30. The maximum Gasteiger partial charge on any atom is 0.410 e. The zero-order valence-corrected chi connectivity index (χ0v) is 18.7. The Bertz CT molecular complexity index is 895. The summed E-state index contributed by atoms with van der Waals surface area (Å²) >= 11 is 6.05. The monoisotopic (exact) mass is 436 g/mol. The Labute approximate surface area is 181 Å². The van der Waals surface area contributed by atoms with Gasteiger partial charge in [0.1, 0.15) is 16.4 Å². The van der Waals surface area contributed by atoms with E-state index in [1.807, 2.05) is 34.6 Å². The quantitative estimate of drug-likeness (QED) is 0.708. The van der Waals surface area contributed by atoms with Crippen molar-refractivity contribution in [3.8, 4) is 11.3 Å². The standard InChI is InChI=1S/C20H29ClN6O3/c1-12(2)23-14-8-18(21)22-9-13(14)15-10-27(25-24-15)16-6-7-26(11-17(16)28)19(29)30-20(3,4)5/h8-10,12,16-17,28H,6-7,11H2,1-5H3,(H,22,23). The molecular weight excluding hydrogens is 408 g/mol. The first-order valence-corrected chi connectivity index (χ1v) is 10.4. The van der Waals surface area contributed by atoms with Crippen molar-refractivity contribution in [1.82, 2.24) is 24.9 Å². The highest BCUT2D eigenvalue weighted by atomic mass is 35.5. The van der Waals surface area contributed by atoms with E-state index >= 15 is 0 Å². The molecule has 0 radical (unpaired) electrons. The average Bonchev–Trinajstić information content (AvgIpc) is 3.09. The van der Waals surface area contributed by atoms with E-state index < -0.39 is 17.8 Å². The van der Waals surface area contributed by atoms with Crippen molar-refractivity contribution in [1.29, 1.82) is 0 Å². The number of aromatic nitrogens is 4. The van der Waals surface area contributed by atoms with Gasteiger partial charge in [-0.2, -0.15) is 0 Å². The first-order valence-electron chi connectivity index (χ1n) is 10.0. The summed E-state index contributed by atoms with van der Waals surface area (Å²) in [6.45, 7) is 10.2. The number of carbonyl (C=O) groups is 1. The SMILES string of the molecule is CC(C)Nc1cc(Cl)ncc1-c1cn(C2CCN(C(=O)OC(C)(C)C)CC2O)nn1. The molecular formula is C20H29ClN6O3. The Balaban J connectivity index is 1.74. The zero-order chi connectivity index (χ0) is 22.1. The number of piperidine rings is 1. The number of ether oxygens (including phenoxy) is 1. The molecule has 1 saturated heterocycles. The summed E-state index contributed by atoms with van der Waals surface area (Å²) in [5.41, 5.74) is 1.65. The fourth-order valence-corrected chi connectivity index (χ4v) is 3.50. The van der Waals surface area contributed by atoms with E-state index in [9.17, 15) is 9.90 Å². The van der Waals surface area contributed by atoms with Gasteiger partial charge in [0.25, 0.3) is 0 Å². The van der Waals surface area contributed by atoms with Gasteiger partial charge in [0.2, 0.25) is 0 Å². The number of nitrogens with one attached hydrogen (secondary N) is 1. The lowest BCUT2D eigenvalue weighted by Gasteiger charge is -2.36. The van der Waals surface area contributed by atoms with Gasteiger partial charge in [0.15, 0.2) is 0 Å². The van der Waals surface area contributed by atoms with Gasteiger partial charge >= 0.3 is 6.09 Å². The van der Waals surface area contributed by atoms with Gasteiger partial charge in [-0.25, -0.2) is 14.5 Å². The summed E-state index contributed by atoms with van der Waals surface area (Å²) in [6, 6.07) is 1.67. The number of rotatable bonds is 4. The summed E-state index contributed by atoms with van der Waals surface area (Å²) in [7, 11) is 0. The number of likely N-dealkylation sites (tertiary alicyclic amines) is 1. The van der Waals surface area contributed by atoms with Crippen LogP contribution in [-0.2, 0) is 4.74 Å². The van der Waals surface area contributed by atoms with Gasteiger partial charge in [0.05, 0.1) is 24.9 Å². The third-order valence-electron chi connectivity index (χ3n) is 4.64. The van der Waals surface area contributed by atoms with Crippen LogP contribution in [-0.4, -0.2) is 66.9 Å². The predicted octanol–water partition coefficient (Wildman–Crippen LogP) is 3.36. The first-order chi connectivity index (χ1) is 14.0. The Kier molecular flexibility index (Phi) is 6.52. The van der Waals surface area contributed by atoms with E-state index in [2.05, 4.69) is 20.6 Å². The fraction of sp³-hybridized carbons (Fsp3) is 0.600. The summed E-state index contributed by atoms with van der Waals surface area (Å²) in [4.78, 5) is 18.0. The van der Waals surface area contributed by atoms with Crippen molar-refractivity contribution in [2.45, 2.75) is 64.8 Å². The molecule has 1 amide bonds. The molecule has 0 bridgehead atoms. The zero-order valence-electron chi connectivity index (χ0n) is 18.0. The van der Waals surface area contributed by atoms with Crippen molar-refractivity contribution < 1.29 is 14.6 Å². The van der Waals surface area contributed by atoms with Crippen molar-refractivity contribution in [2.75, 3.05) is 18.4 Å². The lowest BCUT2D eigenvalue weighted by Crippen LogP contribution is -2.48. The Morgan fingerprint density at radius 2 is 2.13 bits per heavy atom. The van der Waals surface area contributed by atoms with Crippen molar-refractivity contribution in [3.63, 3.8) is 0 Å². The van der Waals surface area contributed by atoms with Crippen LogP contribution < -0.4 is 5.32 Å². The lowest BCUT2D eigenvalue weighted by atomic mass is 10.0. The van der Waals surface area contributed by atoms with Crippen LogP contribution in [0.5, 0.6) is 0 Å². The largest absolute Gasteiger partial charge is 0.444 e. The molecule has 1 aliphatic heterocycles. The van der Waals surface area contributed by atoms with E-state index in [-0.39, 0.29) is 18.6 Å². The normalized spacial score (nSPS) is 19.8. The van der Waals surface area contributed by atoms with Gasteiger partial charge in [-0.05, 0) is 47.1 Å². The summed E-state index contributed by atoms with van der Waals surface area (Å²) in [6.07, 6.45) is 2.78. The number of aliphatic hydroxyl groups excluding tert-OH is 1. The second kappa shape index (κ2) is 8.77. The van der Waals surface area contributed by atoms with Crippen molar-refractivity contribution >= 4 is 23.4 Å². The second-order valence-electron chi connectivity index (χ2n) is 8.79. The van der Waals surface area contributed by atoms with Crippen LogP contribution in [0.25, 0.3) is 11.3 Å². The number of hydrogen-bond acceptors (Lipinski definition) is 7. The minimum atomic E-state index is -0.780. The molecule has 30 heavy (non-hydrogen) atoms. The van der Waals surface area contributed by atoms with E-state index in [4.69, 9.17) is 16.3 Å². The number of anilines is 1. The molecule has 2 atom stereocenters. The number of aliphatic hydroxyl groups is 1. The number of hydrogen-bond donors (Lipinski definition) is 2. The van der Waals surface area contributed by atoms with E-state index in [0.29, 0.717) is 23.8 Å². The topological polar surface area (TPSA) is 105 Å². The molecule has 0 aliphatic carbocycles. The Morgan fingerprint density at radius 1 is 1.40 bits per heavy atom. The fourth-order valence-electron chi connectivity index (χ4n) is 3.35. The van der Waals surface area contributed by atoms with Gasteiger partial charge in [-0.1, -0.05) is 16.8 Å². The number of amides is 1. The van der Waals surface area contributed by atoms with Gasteiger partial charge in [-0.3, -0.25) is 0 Å². The van der Waals surface area contributed by atoms with E-state index in [1.165, 1.54) is 4.90 Å². The van der Waals surface area contributed by atoms with Gasteiger partial charge in [-0.15, -0.1) is 5.10 Å². The molecule has 1 aliphatic rings. The van der Waals surface area contributed by atoms with Gasteiger partial charge in [0, 0.05) is 30.0 Å². The third-order valence-corrected chi connectivity index (χ3v) is 4.85. The minimum Gasteiger partial charge on any atom is -0.444 e. The number of pyridine rings is 1. The van der Waals surface area contributed by atoms with Crippen LogP contribution in [0.2, 0.25) is 5.15 Å². The van der Waals surface area contributed by atoms with E-state index in [1.54, 1.807) is 23.1 Å². The molecule has 0 spiro atoms. The molecule has 2 unspecified atom stereocenters. The summed E-state index contributed by atoms with van der Waals surface area (Å²) in [5.74, 6) is 0. The number of carbonyl (C=O) groups excluding carboxylic acids is 1. The molecule has 9 nitrogen and oxygen atoms in total. The second-order valence-corrected chi connectivity index (χ2v) is 9.17. The molecule has 3 rings (SSSR count). The van der Waals surface area contributed by atoms with Crippen LogP contribution in [0, 0.1) is 0 Å². The number of β-amino-alcohol motifs (C(OH)–C–C–N with tert-alkyl or cyclic N) is 1. The maximum absolute atomic E-state index is 12.3. The Hall–Kier alpha value is -2.39. The molecule has 0 aromatic carbocycles. The van der Waals surface area contributed by atoms with Crippen molar-refractivity contribution in [2.24, 2.45) is 0 Å². The average molecular weight is 437 g/mol. The molecule has 2 N–H and O–H groups in total. The van der Waals surface area contributed by atoms with Crippen LogP contribution >= 0.6 is 11.6 Å².